The number of esters is 1. The van der Waals surface area contributed by atoms with Crippen LogP contribution in [0.25, 0.3) is 0 Å². The van der Waals surface area contributed by atoms with Crippen molar-refractivity contribution in [2.24, 2.45) is 5.92 Å². The summed E-state index contributed by atoms with van der Waals surface area (Å²) in [5, 5.41) is 0. The van der Waals surface area contributed by atoms with E-state index >= 15 is 0 Å². The van der Waals surface area contributed by atoms with Gasteiger partial charge in [-0.3, -0.25) is 4.79 Å². The lowest BCUT2D eigenvalue weighted by Gasteiger charge is -2.39. The van der Waals surface area contributed by atoms with Crippen LogP contribution in [0, 0.1) is 5.92 Å². The van der Waals surface area contributed by atoms with E-state index < -0.39 is 5.60 Å². The van der Waals surface area contributed by atoms with E-state index in [1.807, 2.05) is 12.1 Å². The molecule has 1 aromatic carbocycles. The zero-order valence-corrected chi connectivity index (χ0v) is 12.0. The molecule has 0 radical (unpaired) electrons. The highest BCUT2D eigenvalue weighted by Gasteiger charge is 2.52. The first-order valence-electron chi connectivity index (χ1n) is 7.39. The Morgan fingerprint density at radius 3 is 2.95 bits per heavy atom. The van der Waals surface area contributed by atoms with Crippen LogP contribution in [0.15, 0.2) is 12.1 Å². The fourth-order valence-electron chi connectivity index (χ4n) is 3.93. The first-order chi connectivity index (χ1) is 10.2. The molecular formula is C16H18O5. The molecule has 1 spiro atoms. The maximum Gasteiger partial charge on any atom is 0.311 e. The average molecular weight is 290 g/mol. The van der Waals surface area contributed by atoms with Crippen LogP contribution >= 0.6 is 0 Å². The van der Waals surface area contributed by atoms with Gasteiger partial charge in [0.2, 0.25) is 6.79 Å². The molecule has 112 valence electrons. The normalized spacial score (nSPS) is 29.5. The highest BCUT2D eigenvalue weighted by Crippen LogP contribution is 2.52. The highest BCUT2D eigenvalue weighted by molar-refractivity contribution is 5.75. The van der Waals surface area contributed by atoms with Gasteiger partial charge in [0, 0.05) is 0 Å². The van der Waals surface area contributed by atoms with E-state index in [4.69, 9.17) is 18.9 Å². The molecule has 1 fully saturated rings. The molecule has 5 nitrogen and oxygen atoms in total. The minimum Gasteiger partial charge on any atom is -0.469 e. The van der Waals surface area contributed by atoms with Crippen molar-refractivity contribution in [3.05, 3.63) is 23.3 Å². The Kier molecular flexibility index (Phi) is 2.85. The monoisotopic (exact) mass is 290 g/mol. The van der Waals surface area contributed by atoms with Crippen molar-refractivity contribution in [3.63, 3.8) is 0 Å². The van der Waals surface area contributed by atoms with Gasteiger partial charge in [-0.2, -0.15) is 0 Å². The smallest absolute Gasteiger partial charge is 0.311 e. The molecule has 3 aliphatic rings. The number of methoxy groups -OCH3 is 1. The molecule has 1 aromatic rings. The van der Waals surface area contributed by atoms with Gasteiger partial charge in [0.1, 0.15) is 5.60 Å². The number of carbonyl (C=O) groups excluding carboxylic acids is 1. The second-order valence-corrected chi connectivity index (χ2v) is 5.82. The van der Waals surface area contributed by atoms with Gasteiger partial charge in [-0.25, -0.2) is 0 Å². The molecule has 0 saturated heterocycles. The lowest BCUT2D eigenvalue weighted by molar-refractivity contribution is -0.161. The minimum atomic E-state index is -0.554. The lowest BCUT2D eigenvalue weighted by Crippen LogP contribution is -2.42. The predicted octanol–water partition coefficient (Wildman–Crippen LogP) is 2.16. The summed E-state index contributed by atoms with van der Waals surface area (Å²) >= 11 is 0. The number of ether oxygens (including phenoxy) is 4. The molecule has 1 aliphatic carbocycles. The van der Waals surface area contributed by atoms with Gasteiger partial charge in [0.05, 0.1) is 19.6 Å². The third-order valence-corrected chi connectivity index (χ3v) is 4.87. The summed E-state index contributed by atoms with van der Waals surface area (Å²) in [5.41, 5.74) is 1.72. The molecule has 0 N–H and O–H groups in total. The molecule has 2 atom stereocenters. The molecule has 2 unspecified atom stereocenters. The van der Waals surface area contributed by atoms with Crippen molar-refractivity contribution < 1.29 is 23.7 Å². The lowest BCUT2D eigenvalue weighted by atomic mass is 9.78. The van der Waals surface area contributed by atoms with Crippen LogP contribution in [0.3, 0.4) is 0 Å². The Labute approximate surface area is 123 Å². The molecule has 2 aliphatic heterocycles. The second-order valence-electron chi connectivity index (χ2n) is 5.82. The molecule has 0 bridgehead atoms. The van der Waals surface area contributed by atoms with E-state index in [2.05, 4.69) is 0 Å². The van der Waals surface area contributed by atoms with E-state index in [0.717, 1.165) is 42.7 Å². The number of hydrogen-bond donors (Lipinski definition) is 0. The SMILES string of the molecule is COC(=O)C1CCCC12OCCc1cc3c(cc12)OCO3. The Bertz CT molecular complexity index is 597. The van der Waals surface area contributed by atoms with Crippen molar-refractivity contribution in [2.75, 3.05) is 20.5 Å². The van der Waals surface area contributed by atoms with Crippen molar-refractivity contribution in [1.29, 1.82) is 0 Å². The standard InChI is InChI=1S/C16H18O5/c1-18-15(17)11-3-2-5-16(11)12-8-14-13(19-9-20-14)7-10(12)4-6-21-16/h7-8,11H,2-6,9H2,1H3. The van der Waals surface area contributed by atoms with Gasteiger partial charge >= 0.3 is 5.97 Å². The van der Waals surface area contributed by atoms with E-state index in [9.17, 15) is 4.79 Å². The van der Waals surface area contributed by atoms with Crippen LogP contribution in [0.2, 0.25) is 0 Å². The average Bonchev–Trinajstić information content (AvgIpc) is 3.12. The zero-order chi connectivity index (χ0) is 14.4. The third-order valence-electron chi connectivity index (χ3n) is 4.87. The maximum atomic E-state index is 12.2. The molecule has 1 saturated carbocycles. The summed E-state index contributed by atoms with van der Waals surface area (Å²) in [5.74, 6) is 1.12. The van der Waals surface area contributed by atoms with Gasteiger partial charge < -0.3 is 18.9 Å². The largest absolute Gasteiger partial charge is 0.469 e. The maximum absolute atomic E-state index is 12.2. The van der Waals surface area contributed by atoms with Crippen LogP contribution in [-0.4, -0.2) is 26.5 Å². The topological polar surface area (TPSA) is 54.0 Å². The van der Waals surface area contributed by atoms with Crippen LogP contribution in [0.5, 0.6) is 11.5 Å². The predicted molar refractivity (Wildman–Crippen MR) is 73.3 cm³/mol. The van der Waals surface area contributed by atoms with Gasteiger partial charge in [0.25, 0.3) is 0 Å². The number of benzene rings is 1. The fourth-order valence-corrected chi connectivity index (χ4v) is 3.93. The van der Waals surface area contributed by atoms with Crippen molar-refractivity contribution in [3.8, 4) is 11.5 Å². The van der Waals surface area contributed by atoms with E-state index in [1.54, 1.807) is 0 Å². The number of hydrogen-bond acceptors (Lipinski definition) is 5. The second kappa shape index (κ2) is 4.63. The summed E-state index contributed by atoms with van der Waals surface area (Å²) in [6.07, 6.45) is 3.45. The van der Waals surface area contributed by atoms with Crippen LogP contribution in [0.1, 0.15) is 30.4 Å². The molecule has 5 heteroatoms. The van der Waals surface area contributed by atoms with Gasteiger partial charge in [-0.1, -0.05) is 0 Å². The summed E-state index contributed by atoms with van der Waals surface area (Å²) in [6.45, 7) is 0.882. The first kappa shape index (κ1) is 13.0. The Morgan fingerprint density at radius 2 is 2.14 bits per heavy atom. The van der Waals surface area contributed by atoms with Crippen molar-refractivity contribution >= 4 is 5.97 Å². The molecular weight excluding hydrogens is 272 g/mol. The van der Waals surface area contributed by atoms with E-state index in [0.29, 0.717) is 6.61 Å². The molecule has 4 rings (SSSR count). The van der Waals surface area contributed by atoms with E-state index in [-0.39, 0.29) is 18.7 Å². The van der Waals surface area contributed by atoms with Crippen LogP contribution in [0.4, 0.5) is 0 Å². The molecule has 0 amide bonds. The summed E-state index contributed by atoms with van der Waals surface area (Å²) in [6, 6.07) is 4.03. The molecule has 0 aromatic heterocycles. The van der Waals surface area contributed by atoms with Crippen LogP contribution < -0.4 is 9.47 Å². The summed E-state index contributed by atoms with van der Waals surface area (Å²) in [4.78, 5) is 12.2. The highest BCUT2D eigenvalue weighted by atomic mass is 16.7. The Hall–Kier alpha value is -1.75. The first-order valence-corrected chi connectivity index (χ1v) is 7.39. The zero-order valence-electron chi connectivity index (χ0n) is 12.0. The molecule has 21 heavy (non-hydrogen) atoms. The van der Waals surface area contributed by atoms with Gasteiger partial charge in [-0.05, 0) is 48.9 Å². The Balaban J connectivity index is 1.84. The van der Waals surface area contributed by atoms with Gasteiger partial charge in [0.15, 0.2) is 11.5 Å². The van der Waals surface area contributed by atoms with Crippen LogP contribution in [-0.2, 0) is 26.3 Å². The number of fused-ring (bicyclic) bond motifs is 3. The summed E-state index contributed by atoms with van der Waals surface area (Å²) in [7, 11) is 1.44. The Morgan fingerprint density at radius 1 is 1.33 bits per heavy atom. The van der Waals surface area contributed by atoms with E-state index in [1.165, 1.54) is 12.7 Å². The number of carbonyl (C=O) groups is 1. The van der Waals surface area contributed by atoms with Crippen molar-refractivity contribution in [2.45, 2.75) is 31.3 Å². The summed E-state index contributed by atoms with van der Waals surface area (Å²) < 4.78 is 22.1. The third kappa shape index (κ3) is 1.77. The van der Waals surface area contributed by atoms with Crippen molar-refractivity contribution in [1.82, 2.24) is 0 Å². The fraction of sp³-hybridized carbons (Fsp3) is 0.562. The van der Waals surface area contributed by atoms with Gasteiger partial charge in [-0.15, -0.1) is 0 Å². The quantitative estimate of drug-likeness (QED) is 0.742. The number of rotatable bonds is 1. The molecule has 2 heterocycles. The minimum absolute atomic E-state index is 0.182.